The molecule has 0 aliphatic carbocycles. The molecule has 5 nitrogen and oxygen atoms in total. The summed E-state index contributed by atoms with van der Waals surface area (Å²) in [6.45, 7) is 0.287. The van der Waals surface area contributed by atoms with Crippen LogP contribution in [0.1, 0.15) is 5.56 Å². The number of carbonyl (C=O) groups is 1. The first-order chi connectivity index (χ1) is 10.4. The summed E-state index contributed by atoms with van der Waals surface area (Å²) in [5, 5.41) is 5.09. The van der Waals surface area contributed by atoms with Gasteiger partial charge in [-0.2, -0.15) is 0 Å². The van der Waals surface area contributed by atoms with Crippen molar-refractivity contribution in [2.24, 2.45) is 0 Å². The van der Waals surface area contributed by atoms with Crippen molar-refractivity contribution >= 4 is 11.7 Å². The predicted molar refractivity (Wildman–Crippen MR) is 73.2 cm³/mol. The van der Waals surface area contributed by atoms with Gasteiger partial charge in [0.2, 0.25) is 0 Å². The third-order valence-electron chi connectivity index (χ3n) is 2.52. The van der Waals surface area contributed by atoms with E-state index in [1.807, 2.05) is 0 Å². The number of nitrogens with zero attached hydrogens (tertiary/aromatic N) is 1. The normalized spacial score (nSPS) is 10.9. The highest BCUT2D eigenvalue weighted by molar-refractivity contribution is 5.89. The van der Waals surface area contributed by atoms with Crippen LogP contribution in [0.15, 0.2) is 48.8 Å². The number of rotatable bonds is 4. The molecule has 2 aromatic rings. The van der Waals surface area contributed by atoms with Gasteiger partial charge in [0.25, 0.3) is 0 Å². The van der Waals surface area contributed by atoms with Gasteiger partial charge < -0.3 is 15.4 Å². The molecule has 1 aromatic carbocycles. The summed E-state index contributed by atoms with van der Waals surface area (Å²) >= 11 is 0. The minimum atomic E-state index is -4.74. The Morgan fingerprint density at radius 3 is 2.50 bits per heavy atom. The topological polar surface area (TPSA) is 63.2 Å². The Balaban J connectivity index is 1.84. The third kappa shape index (κ3) is 5.31. The average Bonchev–Trinajstić information content (AvgIpc) is 2.47. The van der Waals surface area contributed by atoms with Crippen molar-refractivity contribution in [1.82, 2.24) is 10.3 Å². The molecule has 0 saturated carbocycles. The number of amides is 2. The fourth-order valence-electron chi connectivity index (χ4n) is 1.60. The van der Waals surface area contributed by atoms with Crippen LogP contribution < -0.4 is 15.4 Å². The van der Waals surface area contributed by atoms with Crippen LogP contribution in [0.2, 0.25) is 0 Å². The summed E-state index contributed by atoms with van der Waals surface area (Å²) in [4.78, 5) is 15.6. The van der Waals surface area contributed by atoms with Crippen molar-refractivity contribution in [2.45, 2.75) is 12.9 Å². The van der Waals surface area contributed by atoms with E-state index in [1.54, 1.807) is 24.5 Å². The van der Waals surface area contributed by atoms with Crippen LogP contribution in [0.5, 0.6) is 5.75 Å². The molecule has 2 N–H and O–H groups in total. The number of pyridine rings is 1. The van der Waals surface area contributed by atoms with E-state index in [2.05, 4.69) is 20.4 Å². The zero-order valence-electron chi connectivity index (χ0n) is 11.2. The Hall–Kier alpha value is -2.77. The molecule has 0 aliphatic heterocycles. The van der Waals surface area contributed by atoms with Gasteiger partial charge in [-0.15, -0.1) is 13.2 Å². The van der Waals surface area contributed by atoms with E-state index in [0.717, 1.165) is 17.7 Å². The fourth-order valence-corrected chi connectivity index (χ4v) is 1.60. The molecule has 2 rings (SSSR count). The molecule has 1 heterocycles. The van der Waals surface area contributed by atoms with E-state index in [1.165, 1.54) is 12.1 Å². The van der Waals surface area contributed by atoms with E-state index in [9.17, 15) is 18.0 Å². The van der Waals surface area contributed by atoms with Crippen molar-refractivity contribution in [2.75, 3.05) is 5.32 Å². The average molecular weight is 311 g/mol. The number of hydrogen-bond donors (Lipinski definition) is 2. The minimum absolute atomic E-state index is 0.287. The van der Waals surface area contributed by atoms with Gasteiger partial charge in [0, 0.05) is 24.6 Å². The van der Waals surface area contributed by atoms with E-state index in [0.29, 0.717) is 5.69 Å². The van der Waals surface area contributed by atoms with Gasteiger partial charge in [0.15, 0.2) is 0 Å². The molecule has 0 unspecified atom stereocenters. The van der Waals surface area contributed by atoms with Crippen LogP contribution in [0.4, 0.5) is 23.7 Å². The minimum Gasteiger partial charge on any atom is -0.406 e. The summed E-state index contributed by atoms with van der Waals surface area (Å²) in [5.74, 6) is -0.353. The Morgan fingerprint density at radius 1 is 1.18 bits per heavy atom. The molecule has 8 heteroatoms. The quantitative estimate of drug-likeness (QED) is 0.910. The molecule has 1 aromatic heterocycles. The second kappa shape index (κ2) is 6.79. The highest BCUT2D eigenvalue weighted by Gasteiger charge is 2.30. The van der Waals surface area contributed by atoms with Gasteiger partial charge in [-0.05, 0) is 35.9 Å². The number of alkyl halides is 3. The van der Waals surface area contributed by atoms with E-state index in [-0.39, 0.29) is 12.3 Å². The van der Waals surface area contributed by atoms with Crippen molar-refractivity contribution in [3.63, 3.8) is 0 Å². The highest BCUT2D eigenvalue weighted by atomic mass is 19.4. The molecule has 0 fully saturated rings. The Morgan fingerprint density at radius 2 is 1.91 bits per heavy atom. The second-order valence-corrected chi connectivity index (χ2v) is 4.24. The summed E-state index contributed by atoms with van der Waals surface area (Å²) in [6.07, 6.45) is -1.51. The van der Waals surface area contributed by atoms with Crippen molar-refractivity contribution in [1.29, 1.82) is 0 Å². The Bertz CT molecular complexity index is 615. The number of urea groups is 1. The fraction of sp³-hybridized carbons (Fsp3) is 0.143. The monoisotopic (exact) mass is 311 g/mol. The van der Waals surface area contributed by atoms with Crippen LogP contribution in [-0.4, -0.2) is 17.4 Å². The lowest BCUT2D eigenvalue weighted by Gasteiger charge is -2.10. The van der Waals surface area contributed by atoms with Gasteiger partial charge in [0.05, 0.1) is 0 Å². The molecular formula is C14H12F3N3O2. The Labute approximate surface area is 124 Å². The SMILES string of the molecule is O=C(NCc1cccnc1)Nc1ccc(OC(F)(F)F)cc1. The standard InChI is InChI=1S/C14H12F3N3O2/c15-14(16,17)22-12-5-3-11(4-6-12)20-13(21)19-9-10-2-1-7-18-8-10/h1-8H,9H2,(H2,19,20,21). The van der Waals surface area contributed by atoms with E-state index < -0.39 is 12.4 Å². The maximum Gasteiger partial charge on any atom is 0.573 e. The zero-order chi connectivity index (χ0) is 16.0. The van der Waals surface area contributed by atoms with Crippen molar-refractivity contribution in [3.05, 3.63) is 54.4 Å². The molecule has 116 valence electrons. The number of carbonyl (C=O) groups excluding carboxylic acids is 1. The van der Waals surface area contributed by atoms with E-state index >= 15 is 0 Å². The first-order valence-electron chi connectivity index (χ1n) is 6.22. The number of nitrogens with one attached hydrogen (secondary N) is 2. The van der Waals surface area contributed by atoms with Gasteiger partial charge in [-0.1, -0.05) is 6.07 Å². The lowest BCUT2D eigenvalue weighted by molar-refractivity contribution is -0.274. The molecule has 2 amide bonds. The molecule has 0 saturated heterocycles. The molecule has 0 spiro atoms. The second-order valence-electron chi connectivity index (χ2n) is 4.24. The molecular weight excluding hydrogens is 299 g/mol. The molecule has 0 radical (unpaired) electrons. The van der Waals surface area contributed by atoms with Gasteiger partial charge in [-0.25, -0.2) is 4.79 Å². The number of hydrogen-bond acceptors (Lipinski definition) is 3. The molecule has 22 heavy (non-hydrogen) atoms. The summed E-state index contributed by atoms with van der Waals surface area (Å²) < 4.78 is 39.8. The van der Waals surface area contributed by atoms with Crippen molar-refractivity contribution < 1.29 is 22.7 Å². The van der Waals surface area contributed by atoms with Crippen LogP contribution >= 0.6 is 0 Å². The van der Waals surface area contributed by atoms with Crippen molar-refractivity contribution in [3.8, 4) is 5.75 Å². The number of aromatic nitrogens is 1. The number of benzene rings is 1. The van der Waals surface area contributed by atoms with E-state index in [4.69, 9.17) is 0 Å². The number of ether oxygens (including phenoxy) is 1. The van der Waals surface area contributed by atoms with Crippen LogP contribution in [0.3, 0.4) is 0 Å². The summed E-state index contributed by atoms with van der Waals surface area (Å²) in [7, 11) is 0. The summed E-state index contributed by atoms with van der Waals surface area (Å²) in [6, 6.07) is 7.92. The summed E-state index contributed by atoms with van der Waals surface area (Å²) in [5.41, 5.74) is 1.17. The largest absolute Gasteiger partial charge is 0.573 e. The number of anilines is 1. The first-order valence-corrected chi connectivity index (χ1v) is 6.22. The first kappa shape index (κ1) is 15.6. The highest BCUT2D eigenvalue weighted by Crippen LogP contribution is 2.23. The van der Waals surface area contributed by atoms with Gasteiger partial charge in [0.1, 0.15) is 5.75 Å². The van der Waals surface area contributed by atoms with Crippen LogP contribution in [-0.2, 0) is 6.54 Å². The van der Waals surface area contributed by atoms with Gasteiger partial charge >= 0.3 is 12.4 Å². The van der Waals surface area contributed by atoms with Crippen LogP contribution in [0, 0.1) is 0 Å². The lowest BCUT2D eigenvalue weighted by atomic mass is 10.3. The van der Waals surface area contributed by atoms with Gasteiger partial charge in [-0.3, -0.25) is 4.98 Å². The number of halogens is 3. The molecule has 0 bridgehead atoms. The Kier molecular flexibility index (Phi) is 4.82. The molecule has 0 atom stereocenters. The third-order valence-corrected chi connectivity index (χ3v) is 2.52. The maximum absolute atomic E-state index is 12.0. The molecule has 0 aliphatic rings. The maximum atomic E-state index is 12.0. The zero-order valence-corrected chi connectivity index (χ0v) is 11.2. The predicted octanol–water partition coefficient (Wildman–Crippen LogP) is 3.30. The van der Waals surface area contributed by atoms with Crippen LogP contribution in [0.25, 0.3) is 0 Å². The lowest BCUT2D eigenvalue weighted by Crippen LogP contribution is -2.28. The smallest absolute Gasteiger partial charge is 0.406 e.